The molecule has 0 aliphatic heterocycles. The van der Waals surface area contributed by atoms with Crippen molar-refractivity contribution in [2.75, 3.05) is 13.6 Å². The molecular weight excluding hydrogens is 248 g/mol. The molecule has 1 aromatic carbocycles. The molecule has 0 heterocycles. The fourth-order valence-electron chi connectivity index (χ4n) is 1.79. The fraction of sp³-hybridized carbons (Fsp3) is 0.500. The Morgan fingerprint density at radius 1 is 1.22 bits per heavy atom. The van der Waals surface area contributed by atoms with Gasteiger partial charge in [0.15, 0.2) is 0 Å². The normalized spacial score (nSPS) is 10.7. The second-order valence-corrected chi connectivity index (χ2v) is 5.62. The Bertz CT molecular complexity index is 382. The highest BCUT2D eigenvalue weighted by molar-refractivity contribution is 5.94. The summed E-state index contributed by atoms with van der Waals surface area (Å²) >= 11 is 0. The Balaban J connectivity index is 0.00000289. The minimum Gasteiger partial charge on any atom is -0.341 e. The lowest BCUT2D eigenvalue weighted by Gasteiger charge is -2.26. The van der Waals surface area contributed by atoms with Crippen LogP contribution in [-0.2, 0) is 6.54 Å². The summed E-state index contributed by atoms with van der Waals surface area (Å²) < 4.78 is 0. The minimum absolute atomic E-state index is 0. The molecule has 0 unspecified atom stereocenters. The topological polar surface area (TPSA) is 46.3 Å². The lowest BCUT2D eigenvalue weighted by Crippen LogP contribution is -2.34. The number of nitrogens with zero attached hydrogens (tertiary/aromatic N) is 1. The van der Waals surface area contributed by atoms with Gasteiger partial charge >= 0.3 is 0 Å². The molecule has 0 aromatic heterocycles. The van der Waals surface area contributed by atoms with Crippen molar-refractivity contribution < 1.29 is 4.79 Å². The molecule has 0 bridgehead atoms. The smallest absolute Gasteiger partial charge is 0.253 e. The second kappa shape index (κ2) is 6.76. The van der Waals surface area contributed by atoms with Crippen molar-refractivity contribution in [3.8, 4) is 0 Å². The Kier molecular flexibility index (Phi) is 6.36. The van der Waals surface area contributed by atoms with Crippen LogP contribution in [-0.4, -0.2) is 24.4 Å². The van der Waals surface area contributed by atoms with Crippen LogP contribution in [0.4, 0.5) is 0 Å². The zero-order chi connectivity index (χ0) is 13.1. The monoisotopic (exact) mass is 270 g/mol. The first kappa shape index (κ1) is 16.9. The van der Waals surface area contributed by atoms with Crippen molar-refractivity contribution >= 4 is 18.3 Å². The van der Waals surface area contributed by atoms with Gasteiger partial charge in [-0.2, -0.15) is 0 Å². The predicted molar refractivity (Wildman–Crippen MR) is 78.0 cm³/mol. The molecule has 18 heavy (non-hydrogen) atoms. The summed E-state index contributed by atoms with van der Waals surface area (Å²) in [6.45, 7) is 7.60. The number of carbonyl (C=O) groups is 1. The summed E-state index contributed by atoms with van der Waals surface area (Å²) in [7, 11) is 1.84. The van der Waals surface area contributed by atoms with Gasteiger partial charge in [0, 0.05) is 25.7 Å². The summed E-state index contributed by atoms with van der Waals surface area (Å²) in [6, 6.07) is 7.48. The Hall–Kier alpha value is -1.06. The van der Waals surface area contributed by atoms with Gasteiger partial charge < -0.3 is 10.6 Å². The van der Waals surface area contributed by atoms with E-state index in [0.717, 1.165) is 12.1 Å². The van der Waals surface area contributed by atoms with Crippen LogP contribution < -0.4 is 5.73 Å². The molecular formula is C14H23ClN2O. The van der Waals surface area contributed by atoms with Gasteiger partial charge in [0.05, 0.1) is 0 Å². The average molecular weight is 271 g/mol. The largest absolute Gasteiger partial charge is 0.341 e. The summed E-state index contributed by atoms with van der Waals surface area (Å²) in [5, 5.41) is 0. The van der Waals surface area contributed by atoms with Crippen LogP contribution in [0.2, 0.25) is 0 Å². The van der Waals surface area contributed by atoms with Crippen molar-refractivity contribution in [2.45, 2.75) is 27.3 Å². The van der Waals surface area contributed by atoms with Crippen LogP contribution in [0, 0.1) is 5.41 Å². The van der Waals surface area contributed by atoms with Crippen LogP contribution in [0.3, 0.4) is 0 Å². The number of amides is 1. The predicted octanol–water partition coefficient (Wildman–Crippen LogP) is 2.69. The van der Waals surface area contributed by atoms with Crippen LogP contribution in [0.15, 0.2) is 24.3 Å². The van der Waals surface area contributed by atoms with Gasteiger partial charge in [-0.3, -0.25) is 4.79 Å². The van der Waals surface area contributed by atoms with E-state index < -0.39 is 0 Å². The lowest BCUT2D eigenvalue weighted by atomic mass is 9.96. The van der Waals surface area contributed by atoms with E-state index in [1.807, 2.05) is 31.3 Å². The Morgan fingerprint density at radius 2 is 1.72 bits per heavy atom. The number of carbonyl (C=O) groups excluding carboxylic acids is 1. The van der Waals surface area contributed by atoms with Gasteiger partial charge in [0.25, 0.3) is 5.91 Å². The van der Waals surface area contributed by atoms with E-state index in [4.69, 9.17) is 5.73 Å². The van der Waals surface area contributed by atoms with Gasteiger partial charge in [0.1, 0.15) is 0 Å². The molecule has 1 rings (SSSR count). The lowest BCUT2D eigenvalue weighted by molar-refractivity contribution is 0.0745. The number of hydrogen-bond acceptors (Lipinski definition) is 2. The van der Waals surface area contributed by atoms with Gasteiger partial charge in [-0.25, -0.2) is 0 Å². The maximum Gasteiger partial charge on any atom is 0.253 e. The zero-order valence-electron chi connectivity index (χ0n) is 11.6. The van der Waals surface area contributed by atoms with Crippen molar-refractivity contribution in [2.24, 2.45) is 11.1 Å². The van der Waals surface area contributed by atoms with Gasteiger partial charge in [-0.15, -0.1) is 12.4 Å². The Labute approximate surface area is 116 Å². The summed E-state index contributed by atoms with van der Waals surface area (Å²) in [4.78, 5) is 13.9. The first-order valence-corrected chi connectivity index (χ1v) is 5.88. The highest BCUT2D eigenvalue weighted by Crippen LogP contribution is 2.16. The number of benzene rings is 1. The molecule has 0 saturated carbocycles. The zero-order valence-corrected chi connectivity index (χ0v) is 12.4. The standard InChI is InChI=1S/C14H22N2O.ClH/c1-14(2,3)10-16(4)13(17)12-7-5-11(9-15)6-8-12;/h5-8H,9-10,15H2,1-4H3;1H. The first-order valence-electron chi connectivity index (χ1n) is 5.88. The molecule has 0 aliphatic rings. The molecule has 2 N–H and O–H groups in total. The van der Waals surface area contributed by atoms with E-state index in [1.54, 1.807) is 4.90 Å². The molecule has 1 amide bonds. The highest BCUT2D eigenvalue weighted by Gasteiger charge is 2.18. The van der Waals surface area contributed by atoms with E-state index >= 15 is 0 Å². The third-order valence-electron chi connectivity index (χ3n) is 2.49. The second-order valence-electron chi connectivity index (χ2n) is 5.62. The van der Waals surface area contributed by atoms with Crippen molar-refractivity contribution in [1.82, 2.24) is 4.90 Å². The molecule has 4 heteroatoms. The van der Waals surface area contributed by atoms with Gasteiger partial charge in [0.2, 0.25) is 0 Å². The van der Waals surface area contributed by atoms with Crippen LogP contribution in [0.5, 0.6) is 0 Å². The highest BCUT2D eigenvalue weighted by atomic mass is 35.5. The molecule has 1 aromatic rings. The van der Waals surface area contributed by atoms with E-state index in [2.05, 4.69) is 20.8 Å². The Morgan fingerprint density at radius 3 is 2.11 bits per heavy atom. The summed E-state index contributed by atoms with van der Waals surface area (Å²) in [6.07, 6.45) is 0. The van der Waals surface area contributed by atoms with Crippen molar-refractivity contribution in [3.63, 3.8) is 0 Å². The molecule has 0 radical (unpaired) electrons. The fourth-order valence-corrected chi connectivity index (χ4v) is 1.79. The van der Waals surface area contributed by atoms with E-state index in [9.17, 15) is 4.79 Å². The van der Waals surface area contributed by atoms with Gasteiger partial charge in [-0.1, -0.05) is 32.9 Å². The first-order chi connectivity index (χ1) is 7.83. The average Bonchev–Trinajstić information content (AvgIpc) is 2.26. The van der Waals surface area contributed by atoms with Crippen molar-refractivity contribution in [1.29, 1.82) is 0 Å². The van der Waals surface area contributed by atoms with E-state index in [1.165, 1.54) is 0 Å². The number of hydrogen-bond donors (Lipinski definition) is 1. The molecule has 0 saturated heterocycles. The molecule has 0 fully saturated rings. The maximum absolute atomic E-state index is 12.1. The number of halogens is 1. The van der Waals surface area contributed by atoms with Crippen molar-refractivity contribution in [3.05, 3.63) is 35.4 Å². The minimum atomic E-state index is 0. The molecule has 3 nitrogen and oxygen atoms in total. The quantitative estimate of drug-likeness (QED) is 0.918. The summed E-state index contributed by atoms with van der Waals surface area (Å²) in [5.74, 6) is 0.0588. The third kappa shape index (κ3) is 5.07. The van der Waals surface area contributed by atoms with Crippen LogP contribution in [0.1, 0.15) is 36.7 Å². The van der Waals surface area contributed by atoms with Crippen LogP contribution >= 0.6 is 12.4 Å². The summed E-state index contributed by atoms with van der Waals surface area (Å²) in [5.41, 5.74) is 7.39. The van der Waals surface area contributed by atoms with E-state index in [0.29, 0.717) is 12.1 Å². The maximum atomic E-state index is 12.1. The molecule has 102 valence electrons. The molecule has 0 aliphatic carbocycles. The van der Waals surface area contributed by atoms with E-state index in [-0.39, 0.29) is 23.7 Å². The van der Waals surface area contributed by atoms with Gasteiger partial charge in [-0.05, 0) is 23.1 Å². The molecule has 0 spiro atoms. The molecule has 0 atom stereocenters. The number of rotatable bonds is 3. The number of nitrogens with two attached hydrogens (primary N) is 1. The SMILES string of the molecule is CN(CC(C)(C)C)C(=O)c1ccc(CN)cc1.Cl. The van der Waals surface area contributed by atoms with Crippen LogP contribution in [0.25, 0.3) is 0 Å². The third-order valence-corrected chi connectivity index (χ3v) is 2.49.